The number of aldehydes is 1. The van der Waals surface area contributed by atoms with E-state index in [1.54, 1.807) is 6.92 Å². The minimum absolute atomic E-state index is 0.0338. The Kier molecular flexibility index (Phi) is 2.32. The van der Waals surface area contributed by atoms with Gasteiger partial charge in [0.05, 0.1) is 11.0 Å². The first kappa shape index (κ1) is 8.71. The standard InChI is InChI=1S/C7H12O3S/c1-6-4-7(5-8)2-3-11(6,9)10/h5-7H,2-4H2,1H3. The molecule has 0 aromatic rings. The molecule has 1 heterocycles. The lowest BCUT2D eigenvalue weighted by Gasteiger charge is -2.22. The van der Waals surface area contributed by atoms with Gasteiger partial charge in [0.1, 0.15) is 6.29 Å². The van der Waals surface area contributed by atoms with Crippen LogP contribution in [0.5, 0.6) is 0 Å². The van der Waals surface area contributed by atoms with Gasteiger partial charge < -0.3 is 4.79 Å². The average molecular weight is 176 g/mol. The van der Waals surface area contributed by atoms with Crippen LogP contribution in [0.25, 0.3) is 0 Å². The largest absolute Gasteiger partial charge is 0.303 e. The zero-order chi connectivity index (χ0) is 8.48. The van der Waals surface area contributed by atoms with Gasteiger partial charge in [-0.15, -0.1) is 0 Å². The van der Waals surface area contributed by atoms with Gasteiger partial charge in [0.2, 0.25) is 0 Å². The summed E-state index contributed by atoms with van der Waals surface area (Å²) in [6.07, 6.45) is 1.88. The summed E-state index contributed by atoms with van der Waals surface area (Å²) in [7, 11) is -2.86. The number of rotatable bonds is 1. The van der Waals surface area contributed by atoms with E-state index in [9.17, 15) is 13.2 Å². The van der Waals surface area contributed by atoms with Crippen LogP contribution in [0.3, 0.4) is 0 Å². The van der Waals surface area contributed by atoms with E-state index < -0.39 is 9.84 Å². The molecule has 11 heavy (non-hydrogen) atoms. The van der Waals surface area contributed by atoms with Crippen LogP contribution in [-0.4, -0.2) is 25.7 Å². The third kappa shape index (κ3) is 1.80. The summed E-state index contributed by atoms with van der Waals surface area (Å²) in [5.74, 6) is 0.144. The first-order chi connectivity index (χ1) is 5.06. The maximum atomic E-state index is 11.1. The van der Waals surface area contributed by atoms with Gasteiger partial charge >= 0.3 is 0 Å². The molecular formula is C7H12O3S. The Balaban J connectivity index is 2.69. The Hall–Kier alpha value is -0.380. The van der Waals surface area contributed by atoms with E-state index >= 15 is 0 Å². The van der Waals surface area contributed by atoms with Crippen LogP contribution in [0.4, 0.5) is 0 Å². The van der Waals surface area contributed by atoms with Gasteiger partial charge in [0.25, 0.3) is 0 Å². The first-order valence-corrected chi connectivity index (χ1v) is 5.44. The van der Waals surface area contributed by atoms with Crippen molar-refractivity contribution in [2.45, 2.75) is 25.0 Å². The molecule has 0 spiro atoms. The normalized spacial score (nSPS) is 36.5. The lowest BCUT2D eigenvalue weighted by molar-refractivity contribution is -0.111. The predicted octanol–water partition coefficient (Wildman–Crippen LogP) is 0.399. The molecule has 0 saturated carbocycles. The summed E-state index contributed by atoms with van der Waals surface area (Å²) in [6.45, 7) is 1.67. The van der Waals surface area contributed by atoms with Crippen LogP contribution >= 0.6 is 0 Å². The molecule has 1 rings (SSSR count). The summed E-state index contributed by atoms with van der Waals surface area (Å²) < 4.78 is 22.3. The summed E-state index contributed by atoms with van der Waals surface area (Å²) in [4.78, 5) is 10.3. The number of hydrogen-bond acceptors (Lipinski definition) is 3. The van der Waals surface area contributed by atoms with E-state index in [0.29, 0.717) is 12.8 Å². The highest BCUT2D eigenvalue weighted by Gasteiger charge is 2.30. The van der Waals surface area contributed by atoms with Crippen LogP contribution < -0.4 is 0 Å². The molecule has 1 fully saturated rings. The van der Waals surface area contributed by atoms with Gasteiger partial charge in [-0.25, -0.2) is 8.42 Å². The fourth-order valence-electron chi connectivity index (χ4n) is 1.33. The maximum Gasteiger partial charge on any atom is 0.152 e. The summed E-state index contributed by atoms with van der Waals surface area (Å²) in [5.41, 5.74) is 0. The van der Waals surface area contributed by atoms with Crippen LogP contribution in [0.15, 0.2) is 0 Å². The Labute approximate surface area is 66.7 Å². The van der Waals surface area contributed by atoms with Crippen molar-refractivity contribution >= 4 is 16.1 Å². The lowest BCUT2D eigenvalue weighted by Crippen LogP contribution is -2.31. The van der Waals surface area contributed by atoms with Gasteiger partial charge in [-0.3, -0.25) is 0 Å². The van der Waals surface area contributed by atoms with Crippen LogP contribution in [-0.2, 0) is 14.6 Å². The number of hydrogen-bond donors (Lipinski definition) is 0. The van der Waals surface area contributed by atoms with E-state index in [-0.39, 0.29) is 16.9 Å². The minimum Gasteiger partial charge on any atom is -0.303 e. The third-order valence-corrected chi connectivity index (χ3v) is 4.44. The first-order valence-electron chi connectivity index (χ1n) is 3.73. The monoisotopic (exact) mass is 176 g/mol. The van der Waals surface area contributed by atoms with Crippen molar-refractivity contribution in [1.82, 2.24) is 0 Å². The molecule has 2 unspecified atom stereocenters. The Morgan fingerprint density at radius 2 is 2.09 bits per heavy atom. The molecule has 4 heteroatoms. The fourth-order valence-corrected chi connectivity index (χ4v) is 2.91. The average Bonchev–Trinajstić information content (AvgIpc) is 1.95. The molecule has 0 bridgehead atoms. The molecule has 0 aliphatic carbocycles. The third-order valence-electron chi connectivity index (χ3n) is 2.21. The topological polar surface area (TPSA) is 51.2 Å². The zero-order valence-corrected chi connectivity index (χ0v) is 7.30. The number of sulfone groups is 1. The molecule has 0 aromatic heterocycles. The summed E-state index contributed by atoms with van der Waals surface area (Å²) >= 11 is 0. The van der Waals surface area contributed by atoms with Crippen LogP contribution in [0.1, 0.15) is 19.8 Å². The van der Waals surface area contributed by atoms with Gasteiger partial charge in [0.15, 0.2) is 9.84 Å². The second-order valence-electron chi connectivity index (χ2n) is 3.10. The smallest absolute Gasteiger partial charge is 0.152 e. The molecule has 64 valence electrons. The molecule has 2 atom stereocenters. The van der Waals surface area contributed by atoms with Crippen LogP contribution in [0, 0.1) is 5.92 Å². The SMILES string of the molecule is CC1CC(C=O)CCS1(=O)=O. The van der Waals surface area contributed by atoms with Crippen molar-refractivity contribution < 1.29 is 13.2 Å². The van der Waals surface area contributed by atoms with Crippen molar-refractivity contribution in [2.24, 2.45) is 5.92 Å². The highest BCUT2D eigenvalue weighted by atomic mass is 32.2. The molecular weight excluding hydrogens is 164 g/mol. The number of carbonyl (C=O) groups is 1. The van der Waals surface area contributed by atoms with E-state index in [1.165, 1.54) is 0 Å². The van der Waals surface area contributed by atoms with Crippen molar-refractivity contribution in [2.75, 3.05) is 5.75 Å². The van der Waals surface area contributed by atoms with Gasteiger partial charge in [0, 0.05) is 5.92 Å². The quantitative estimate of drug-likeness (QED) is 0.543. The van der Waals surface area contributed by atoms with Crippen molar-refractivity contribution in [3.8, 4) is 0 Å². The zero-order valence-electron chi connectivity index (χ0n) is 6.49. The molecule has 0 amide bonds. The Bertz CT molecular complexity index is 242. The van der Waals surface area contributed by atoms with E-state index in [4.69, 9.17) is 0 Å². The highest BCUT2D eigenvalue weighted by molar-refractivity contribution is 7.92. The molecule has 1 saturated heterocycles. The Morgan fingerprint density at radius 1 is 1.45 bits per heavy atom. The molecule has 1 aliphatic rings. The molecule has 0 aromatic carbocycles. The second-order valence-corrected chi connectivity index (χ2v) is 5.64. The molecule has 3 nitrogen and oxygen atoms in total. The Morgan fingerprint density at radius 3 is 2.55 bits per heavy atom. The lowest BCUT2D eigenvalue weighted by atomic mass is 10.0. The van der Waals surface area contributed by atoms with E-state index in [1.807, 2.05) is 0 Å². The predicted molar refractivity (Wildman–Crippen MR) is 42.0 cm³/mol. The van der Waals surface area contributed by atoms with Crippen LogP contribution in [0.2, 0.25) is 0 Å². The highest BCUT2D eigenvalue weighted by Crippen LogP contribution is 2.22. The molecule has 0 N–H and O–H groups in total. The summed E-state index contributed by atoms with van der Waals surface area (Å²) in [5, 5.41) is -0.327. The molecule has 1 aliphatic heterocycles. The van der Waals surface area contributed by atoms with Crippen molar-refractivity contribution in [1.29, 1.82) is 0 Å². The maximum absolute atomic E-state index is 11.1. The fraction of sp³-hybridized carbons (Fsp3) is 0.857. The minimum atomic E-state index is -2.86. The van der Waals surface area contributed by atoms with Crippen molar-refractivity contribution in [3.05, 3.63) is 0 Å². The van der Waals surface area contributed by atoms with Crippen molar-refractivity contribution in [3.63, 3.8) is 0 Å². The number of carbonyl (C=O) groups excluding carboxylic acids is 1. The van der Waals surface area contributed by atoms with Gasteiger partial charge in [-0.05, 0) is 19.8 Å². The van der Waals surface area contributed by atoms with E-state index in [0.717, 1.165) is 6.29 Å². The molecule has 0 radical (unpaired) electrons. The van der Waals surface area contributed by atoms with Gasteiger partial charge in [-0.2, -0.15) is 0 Å². The van der Waals surface area contributed by atoms with Gasteiger partial charge in [-0.1, -0.05) is 0 Å². The van der Waals surface area contributed by atoms with E-state index in [2.05, 4.69) is 0 Å². The second kappa shape index (κ2) is 2.93. The summed E-state index contributed by atoms with van der Waals surface area (Å²) in [6, 6.07) is 0.